The van der Waals surface area contributed by atoms with Crippen LogP contribution in [0.25, 0.3) is 0 Å². The third kappa shape index (κ3) is 5.97. The van der Waals surface area contributed by atoms with Crippen LogP contribution in [0.5, 0.6) is 0 Å². The first-order valence-corrected chi connectivity index (χ1v) is 9.57. The van der Waals surface area contributed by atoms with Gasteiger partial charge in [0.1, 0.15) is 5.76 Å². The van der Waals surface area contributed by atoms with Crippen LogP contribution in [0.3, 0.4) is 0 Å². The predicted molar refractivity (Wildman–Crippen MR) is 111 cm³/mol. The number of nitrogens with one attached hydrogen (secondary N) is 3. The summed E-state index contributed by atoms with van der Waals surface area (Å²) in [5, 5.41) is 8.21. The monoisotopic (exact) mass is 391 g/mol. The number of rotatable bonds is 8. The lowest BCUT2D eigenvalue weighted by atomic mass is 9.86. The molecule has 6 heteroatoms. The molecule has 29 heavy (non-hydrogen) atoms. The van der Waals surface area contributed by atoms with E-state index in [4.69, 9.17) is 4.42 Å². The second-order valence-electron chi connectivity index (χ2n) is 6.77. The molecule has 2 aromatic carbocycles. The summed E-state index contributed by atoms with van der Waals surface area (Å²) < 4.78 is 5.15. The fraction of sp³-hybridized carbons (Fsp3) is 0.217. The number of benzene rings is 2. The highest BCUT2D eigenvalue weighted by Gasteiger charge is 2.22. The standard InChI is InChI=1S/C23H25N3O3/c1-17(22(18-9-4-2-5-10-18)19-11-6-3-7-12-19)26-21(27)16-25-23(28)24-15-20-13-8-14-29-20/h2-14,17,22H,15-16H2,1H3,(H,26,27)(H2,24,25,28). The summed E-state index contributed by atoms with van der Waals surface area (Å²) >= 11 is 0. The van der Waals surface area contributed by atoms with Crippen LogP contribution in [-0.2, 0) is 11.3 Å². The topological polar surface area (TPSA) is 83.4 Å². The van der Waals surface area contributed by atoms with Gasteiger partial charge in [0.2, 0.25) is 5.91 Å². The van der Waals surface area contributed by atoms with Crippen LogP contribution in [0, 0.1) is 0 Å². The van der Waals surface area contributed by atoms with Gasteiger partial charge >= 0.3 is 6.03 Å². The zero-order valence-electron chi connectivity index (χ0n) is 16.3. The molecule has 0 radical (unpaired) electrons. The van der Waals surface area contributed by atoms with Gasteiger partial charge in [0.15, 0.2) is 0 Å². The van der Waals surface area contributed by atoms with Gasteiger partial charge in [-0.15, -0.1) is 0 Å². The molecular formula is C23H25N3O3. The number of urea groups is 1. The van der Waals surface area contributed by atoms with Gasteiger partial charge in [0.05, 0.1) is 19.4 Å². The smallest absolute Gasteiger partial charge is 0.315 e. The van der Waals surface area contributed by atoms with E-state index >= 15 is 0 Å². The SMILES string of the molecule is CC(NC(=O)CNC(=O)NCc1ccco1)C(c1ccccc1)c1ccccc1. The van der Waals surface area contributed by atoms with E-state index in [1.807, 2.05) is 43.3 Å². The van der Waals surface area contributed by atoms with E-state index in [1.54, 1.807) is 18.4 Å². The van der Waals surface area contributed by atoms with Crippen molar-refractivity contribution in [2.24, 2.45) is 0 Å². The molecular weight excluding hydrogens is 366 g/mol. The van der Waals surface area contributed by atoms with Gasteiger partial charge in [-0.2, -0.15) is 0 Å². The van der Waals surface area contributed by atoms with Crippen LogP contribution >= 0.6 is 0 Å². The van der Waals surface area contributed by atoms with Crippen molar-refractivity contribution in [1.82, 2.24) is 16.0 Å². The lowest BCUT2D eigenvalue weighted by molar-refractivity contribution is -0.120. The summed E-state index contributed by atoms with van der Waals surface area (Å²) in [4.78, 5) is 24.2. The maximum atomic E-state index is 12.4. The fourth-order valence-electron chi connectivity index (χ4n) is 3.28. The Bertz CT molecular complexity index is 856. The maximum Gasteiger partial charge on any atom is 0.315 e. The average Bonchev–Trinajstić information content (AvgIpc) is 3.26. The first-order valence-electron chi connectivity index (χ1n) is 9.57. The van der Waals surface area contributed by atoms with Crippen molar-refractivity contribution in [1.29, 1.82) is 0 Å². The number of amides is 3. The van der Waals surface area contributed by atoms with Gasteiger partial charge < -0.3 is 20.4 Å². The van der Waals surface area contributed by atoms with Crippen molar-refractivity contribution in [2.45, 2.75) is 25.4 Å². The van der Waals surface area contributed by atoms with Gasteiger partial charge in [-0.1, -0.05) is 60.7 Å². The van der Waals surface area contributed by atoms with Crippen molar-refractivity contribution < 1.29 is 14.0 Å². The molecule has 3 N–H and O–H groups in total. The van der Waals surface area contributed by atoms with Gasteiger partial charge in [-0.05, 0) is 30.2 Å². The summed E-state index contributed by atoms with van der Waals surface area (Å²) in [7, 11) is 0. The first kappa shape index (κ1) is 20.2. The number of furan rings is 1. The molecule has 1 heterocycles. The summed E-state index contributed by atoms with van der Waals surface area (Å²) in [5.41, 5.74) is 2.24. The van der Waals surface area contributed by atoms with E-state index < -0.39 is 6.03 Å². The van der Waals surface area contributed by atoms with Gasteiger partial charge in [-0.25, -0.2) is 4.79 Å². The highest BCUT2D eigenvalue weighted by atomic mass is 16.3. The Labute approximate surface area is 170 Å². The molecule has 1 aromatic heterocycles. The molecule has 1 unspecified atom stereocenters. The Morgan fingerprint density at radius 2 is 1.48 bits per heavy atom. The molecule has 1 atom stereocenters. The van der Waals surface area contributed by atoms with E-state index in [0.29, 0.717) is 5.76 Å². The Kier molecular flexibility index (Phi) is 7.05. The van der Waals surface area contributed by atoms with Crippen LogP contribution in [0.2, 0.25) is 0 Å². The van der Waals surface area contributed by atoms with E-state index in [-0.39, 0.29) is 31.0 Å². The summed E-state index contributed by atoms with van der Waals surface area (Å²) in [6.07, 6.45) is 1.54. The van der Waals surface area contributed by atoms with Crippen molar-refractivity contribution in [3.63, 3.8) is 0 Å². The Morgan fingerprint density at radius 3 is 2.03 bits per heavy atom. The zero-order chi connectivity index (χ0) is 20.5. The van der Waals surface area contributed by atoms with Crippen LogP contribution in [0.1, 0.15) is 29.7 Å². The minimum atomic E-state index is -0.424. The average molecular weight is 391 g/mol. The number of hydrogen-bond donors (Lipinski definition) is 3. The van der Waals surface area contributed by atoms with Crippen LogP contribution in [0.15, 0.2) is 83.5 Å². The second kappa shape index (κ2) is 10.1. The molecule has 0 fully saturated rings. The summed E-state index contributed by atoms with van der Waals surface area (Å²) in [5.74, 6) is 0.406. The van der Waals surface area contributed by atoms with Crippen molar-refractivity contribution >= 4 is 11.9 Å². The Morgan fingerprint density at radius 1 is 0.862 bits per heavy atom. The highest BCUT2D eigenvalue weighted by molar-refractivity contribution is 5.84. The van der Waals surface area contributed by atoms with Gasteiger partial charge in [0.25, 0.3) is 0 Å². The molecule has 3 amide bonds. The summed E-state index contributed by atoms with van der Waals surface area (Å²) in [6.45, 7) is 2.13. The number of carbonyl (C=O) groups excluding carboxylic acids is 2. The molecule has 0 aliphatic heterocycles. The van der Waals surface area contributed by atoms with E-state index in [9.17, 15) is 9.59 Å². The first-order chi connectivity index (χ1) is 14.1. The normalized spacial score (nSPS) is 11.7. The van der Waals surface area contributed by atoms with E-state index in [0.717, 1.165) is 11.1 Å². The third-order valence-electron chi connectivity index (χ3n) is 4.62. The molecule has 0 bridgehead atoms. The molecule has 0 saturated carbocycles. The predicted octanol–water partition coefficient (Wildman–Crippen LogP) is 3.42. The quantitative estimate of drug-likeness (QED) is 0.550. The van der Waals surface area contributed by atoms with Crippen LogP contribution < -0.4 is 16.0 Å². The molecule has 150 valence electrons. The lowest BCUT2D eigenvalue weighted by Crippen LogP contribution is -2.45. The molecule has 0 aliphatic carbocycles. The minimum absolute atomic E-state index is 0.00845. The van der Waals surface area contributed by atoms with Crippen LogP contribution in [0.4, 0.5) is 4.79 Å². The fourth-order valence-corrected chi connectivity index (χ4v) is 3.28. The van der Waals surface area contributed by atoms with Crippen molar-refractivity contribution in [2.75, 3.05) is 6.54 Å². The lowest BCUT2D eigenvalue weighted by Gasteiger charge is -2.26. The largest absolute Gasteiger partial charge is 0.467 e. The Hall–Kier alpha value is -3.54. The summed E-state index contributed by atoms with van der Waals surface area (Å²) in [6, 6.07) is 23.1. The van der Waals surface area contributed by atoms with Gasteiger partial charge in [-0.3, -0.25) is 4.79 Å². The van der Waals surface area contributed by atoms with Crippen molar-refractivity contribution in [3.8, 4) is 0 Å². The Balaban J connectivity index is 1.55. The molecule has 0 spiro atoms. The molecule has 3 rings (SSSR count). The van der Waals surface area contributed by atoms with Gasteiger partial charge in [0, 0.05) is 12.0 Å². The highest BCUT2D eigenvalue weighted by Crippen LogP contribution is 2.27. The zero-order valence-corrected chi connectivity index (χ0v) is 16.3. The number of hydrogen-bond acceptors (Lipinski definition) is 3. The van der Waals surface area contributed by atoms with E-state index in [1.165, 1.54) is 0 Å². The molecule has 3 aromatic rings. The maximum absolute atomic E-state index is 12.4. The molecule has 6 nitrogen and oxygen atoms in total. The second-order valence-corrected chi connectivity index (χ2v) is 6.77. The third-order valence-corrected chi connectivity index (χ3v) is 4.62. The van der Waals surface area contributed by atoms with Crippen LogP contribution in [-0.4, -0.2) is 24.5 Å². The van der Waals surface area contributed by atoms with Crippen molar-refractivity contribution in [3.05, 3.63) is 95.9 Å². The minimum Gasteiger partial charge on any atom is -0.467 e. The van der Waals surface area contributed by atoms with E-state index in [2.05, 4.69) is 40.2 Å². The molecule has 0 aliphatic rings. The number of carbonyl (C=O) groups is 2. The molecule has 0 saturated heterocycles.